The highest BCUT2D eigenvalue weighted by Crippen LogP contribution is 2.28. The largest absolute Gasteiger partial charge is 0.450 e. The number of hydrogen-bond donors (Lipinski definition) is 1. The molecule has 166 valence electrons. The van der Waals surface area contributed by atoms with Crippen LogP contribution in [0.3, 0.4) is 0 Å². The number of benzene rings is 1. The minimum Gasteiger partial charge on any atom is -0.450 e. The molecule has 2 aliphatic rings. The van der Waals surface area contributed by atoms with Crippen molar-refractivity contribution in [2.24, 2.45) is 0 Å². The summed E-state index contributed by atoms with van der Waals surface area (Å²) in [5.74, 6) is 0.161. The fourth-order valence-electron chi connectivity index (χ4n) is 3.85. The van der Waals surface area contributed by atoms with Crippen LogP contribution in [0.1, 0.15) is 17.5 Å². The predicted molar refractivity (Wildman–Crippen MR) is 122 cm³/mol. The van der Waals surface area contributed by atoms with E-state index < -0.39 is 6.09 Å². The SMILES string of the molecule is CCOC(=O)Nc1nc2c(s1)CN(CC(=O)N1CCN(c3ccc(Cl)cc3)CC1)CC2. The number of piperazine rings is 1. The maximum absolute atomic E-state index is 12.9. The molecule has 0 aliphatic carbocycles. The molecule has 2 aromatic rings. The Labute approximate surface area is 190 Å². The minimum absolute atomic E-state index is 0.161. The average Bonchev–Trinajstić information content (AvgIpc) is 3.16. The van der Waals surface area contributed by atoms with Gasteiger partial charge in [0.15, 0.2) is 5.13 Å². The number of aromatic nitrogens is 1. The summed E-state index contributed by atoms with van der Waals surface area (Å²) in [6.45, 7) is 7.01. The minimum atomic E-state index is -0.488. The van der Waals surface area contributed by atoms with Gasteiger partial charge in [-0.3, -0.25) is 15.0 Å². The van der Waals surface area contributed by atoms with Crippen molar-refractivity contribution in [3.63, 3.8) is 0 Å². The van der Waals surface area contributed by atoms with Gasteiger partial charge in [0.1, 0.15) is 0 Å². The van der Waals surface area contributed by atoms with Gasteiger partial charge >= 0.3 is 6.09 Å². The van der Waals surface area contributed by atoms with Crippen LogP contribution in [0.25, 0.3) is 0 Å². The number of hydrogen-bond acceptors (Lipinski definition) is 7. The van der Waals surface area contributed by atoms with Gasteiger partial charge in [-0.25, -0.2) is 9.78 Å². The van der Waals surface area contributed by atoms with Crippen molar-refractivity contribution < 1.29 is 14.3 Å². The smallest absolute Gasteiger partial charge is 0.413 e. The molecule has 0 unspecified atom stereocenters. The van der Waals surface area contributed by atoms with Crippen molar-refractivity contribution in [2.45, 2.75) is 19.9 Å². The van der Waals surface area contributed by atoms with Crippen molar-refractivity contribution >= 4 is 45.8 Å². The van der Waals surface area contributed by atoms with E-state index in [1.807, 2.05) is 29.2 Å². The Hall–Kier alpha value is -2.36. The first-order valence-corrected chi connectivity index (χ1v) is 11.6. The Kier molecular flexibility index (Phi) is 6.94. The van der Waals surface area contributed by atoms with Gasteiger partial charge in [-0.15, -0.1) is 0 Å². The summed E-state index contributed by atoms with van der Waals surface area (Å²) in [6, 6.07) is 7.83. The molecule has 2 aliphatic heterocycles. The van der Waals surface area contributed by atoms with Crippen LogP contribution in [0.5, 0.6) is 0 Å². The van der Waals surface area contributed by atoms with E-state index in [1.165, 1.54) is 11.3 Å². The molecule has 1 N–H and O–H groups in total. The Bertz CT molecular complexity index is 928. The fraction of sp³-hybridized carbons (Fsp3) is 0.476. The molecule has 1 fully saturated rings. The highest BCUT2D eigenvalue weighted by Gasteiger charge is 2.26. The number of carbonyl (C=O) groups excluding carboxylic acids is 2. The van der Waals surface area contributed by atoms with Crippen LogP contribution in [0, 0.1) is 0 Å². The van der Waals surface area contributed by atoms with E-state index in [0.29, 0.717) is 37.9 Å². The van der Waals surface area contributed by atoms with E-state index in [2.05, 4.69) is 20.1 Å². The van der Waals surface area contributed by atoms with Gasteiger partial charge in [0.05, 0.1) is 18.8 Å². The molecule has 0 atom stereocenters. The third-order valence-electron chi connectivity index (χ3n) is 5.48. The number of amides is 2. The monoisotopic (exact) mass is 463 g/mol. The van der Waals surface area contributed by atoms with Gasteiger partial charge in [-0.05, 0) is 31.2 Å². The van der Waals surface area contributed by atoms with Crippen molar-refractivity contribution in [3.05, 3.63) is 39.9 Å². The fourth-order valence-corrected chi connectivity index (χ4v) is 5.01. The standard InChI is InChI=1S/C21H26ClN5O3S/c1-2-30-21(29)24-20-23-17-7-8-25(13-18(17)31-20)14-19(28)27-11-9-26(10-12-27)16-5-3-15(22)4-6-16/h3-6H,2,7-14H2,1H3,(H,23,24,29). The Morgan fingerprint density at radius 3 is 2.61 bits per heavy atom. The second-order valence-electron chi connectivity index (χ2n) is 7.54. The van der Waals surface area contributed by atoms with Crippen LogP contribution >= 0.6 is 22.9 Å². The lowest BCUT2D eigenvalue weighted by Gasteiger charge is -2.37. The molecule has 0 radical (unpaired) electrons. The highest BCUT2D eigenvalue weighted by atomic mass is 35.5. The molecule has 0 bridgehead atoms. The summed E-state index contributed by atoms with van der Waals surface area (Å²) >= 11 is 7.42. The highest BCUT2D eigenvalue weighted by molar-refractivity contribution is 7.15. The lowest BCUT2D eigenvalue weighted by atomic mass is 10.2. The van der Waals surface area contributed by atoms with Crippen LogP contribution in [0.4, 0.5) is 15.6 Å². The van der Waals surface area contributed by atoms with Crippen LogP contribution < -0.4 is 10.2 Å². The van der Waals surface area contributed by atoms with E-state index in [0.717, 1.165) is 47.3 Å². The van der Waals surface area contributed by atoms with Crippen LogP contribution in [-0.2, 0) is 22.5 Å². The summed E-state index contributed by atoms with van der Waals surface area (Å²) in [6.07, 6.45) is 0.284. The number of fused-ring (bicyclic) bond motifs is 1. The molecule has 0 saturated carbocycles. The maximum atomic E-state index is 12.9. The second kappa shape index (κ2) is 9.84. The van der Waals surface area contributed by atoms with Crippen LogP contribution in [0.15, 0.2) is 24.3 Å². The lowest BCUT2D eigenvalue weighted by molar-refractivity contribution is -0.132. The van der Waals surface area contributed by atoms with Crippen molar-refractivity contribution in [1.29, 1.82) is 0 Å². The number of nitrogens with one attached hydrogen (secondary N) is 1. The molecule has 4 rings (SSSR count). The average molecular weight is 464 g/mol. The van der Waals surface area contributed by atoms with E-state index >= 15 is 0 Å². The lowest BCUT2D eigenvalue weighted by Crippen LogP contribution is -2.51. The zero-order valence-electron chi connectivity index (χ0n) is 17.5. The van der Waals surface area contributed by atoms with Gasteiger partial charge in [-0.1, -0.05) is 22.9 Å². The van der Waals surface area contributed by atoms with Gasteiger partial charge in [-0.2, -0.15) is 0 Å². The quantitative estimate of drug-likeness (QED) is 0.734. The predicted octanol–water partition coefficient (Wildman–Crippen LogP) is 3.07. The van der Waals surface area contributed by atoms with Crippen molar-refractivity contribution in [3.8, 4) is 0 Å². The first-order chi connectivity index (χ1) is 15.0. The molecule has 0 spiro atoms. The number of thiazole rings is 1. The third-order valence-corrected chi connectivity index (χ3v) is 6.73. The second-order valence-corrected chi connectivity index (χ2v) is 9.06. The van der Waals surface area contributed by atoms with Crippen molar-refractivity contribution in [1.82, 2.24) is 14.8 Å². The molecule has 2 amide bonds. The number of carbonyl (C=O) groups is 2. The van der Waals surface area contributed by atoms with E-state index in [4.69, 9.17) is 16.3 Å². The third kappa shape index (κ3) is 5.47. The van der Waals surface area contributed by atoms with E-state index in [9.17, 15) is 9.59 Å². The number of ether oxygens (including phenoxy) is 1. The first-order valence-electron chi connectivity index (χ1n) is 10.4. The normalized spacial score (nSPS) is 16.7. The summed E-state index contributed by atoms with van der Waals surface area (Å²) in [5, 5.41) is 3.95. The molecule has 1 aromatic carbocycles. The molecule has 1 saturated heterocycles. The van der Waals surface area contributed by atoms with Gasteiger partial charge in [0.2, 0.25) is 5.91 Å². The Morgan fingerprint density at radius 2 is 1.90 bits per heavy atom. The molecule has 3 heterocycles. The van der Waals surface area contributed by atoms with Crippen molar-refractivity contribution in [2.75, 3.05) is 56.1 Å². The van der Waals surface area contributed by atoms with E-state index in [-0.39, 0.29) is 5.91 Å². The summed E-state index contributed by atoms with van der Waals surface area (Å²) in [7, 11) is 0. The summed E-state index contributed by atoms with van der Waals surface area (Å²) in [4.78, 5) is 36.4. The van der Waals surface area contributed by atoms with Gasteiger partial charge in [0.25, 0.3) is 0 Å². The Morgan fingerprint density at radius 1 is 1.16 bits per heavy atom. The zero-order chi connectivity index (χ0) is 21.8. The first kappa shape index (κ1) is 21.9. The van der Waals surface area contributed by atoms with E-state index in [1.54, 1.807) is 6.92 Å². The molecule has 1 aromatic heterocycles. The van der Waals surface area contributed by atoms with Gasteiger partial charge < -0.3 is 14.5 Å². The Balaban J connectivity index is 1.27. The maximum Gasteiger partial charge on any atom is 0.413 e. The summed E-state index contributed by atoms with van der Waals surface area (Å²) in [5.41, 5.74) is 2.13. The molecule has 10 heteroatoms. The zero-order valence-corrected chi connectivity index (χ0v) is 19.0. The number of rotatable bonds is 5. The van der Waals surface area contributed by atoms with Crippen LogP contribution in [-0.4, -0.2) is 72.7 Å². The molecular weight excluding hydrogens is 438 g/mol. The number of anilines is 2. The van der Waals surface area contributed by atoms with Crippen LogP contribution in [0.2, 0.25) is 5.02 Å². The molecule has 8 nitrogen and oxygen atoms in total. The molecule has 31 heavy (non-hydrogen) atoms. The summed E-state index contributed by atoms with van der Waals surface area (Å²) < 4.78 is 4.91. The number of nitrogens with zero attached hydrogens (tertiary/aromatic N) is 4. The molecular formula is C21H26ClN5O3S. The van der Waals surface area contributed by atoms with Gasteiger partial charge in [0, 0.05) is 61.3 Å². The topological polar surface area (TPSA) is 78.0 Å². The number of halogens is 1.